The molecule has 2 aromatic rings. The number of anilines is 1. The number of fused-ring (bicyclic) bond motifs is 1. The lowest BCUT2D eigenvalue weighted by Gasteiger charge is -2.03. The van der Waals surface area contributed by atoms with Gasteiger partial charge >= 0.3 is 0 Å². The zero-order chi connectivity index (χ0) is 16.4. The highest BCUT2D eigenvalue weighted by molar-refractivity contribution is 9.10. The summed E-state index contributed by atoms with van der Waals surface area (Å²) in [6.07, 6.45) is 5.01. The zero-order valence-corrected chi connectivity index (χ0v) is 15.2. The normalized spacial score (nSPS) is 25.1. The van der Waals surface area contributed by atoms with Gasteiger partial charge in [0.25, 0.3) is 0 Å². The predicted molar refractivity (Wildman–Crippen MR) is 95.8 cm³/mol. The zero-order valence-electron chi connectivity index (χ0n) is 12.8. The number of ether oxygens (including phenoxy) is 1. The van der Waals surface area contributed by atoms with Crippen LogP contribution in [-0.2, 0) is 9.53 Å². The van der Waals surface area contributed by atoms with E-state index in [2.05, 4.69) is 33.2 Å². The molecule has 1 aromatic carbocycles. The fraction of sp³-hybridized carbons (Fsp3) is 0.412. The van der Waals surface area contributed by atoms with Crippen molar-refractivity contribution >= 4 is 50.5 Å². The quantitative estimate of drug-likeness (QED) is 0.750. The summed E-state index contributed by atoms with van der Waals surface area (Å²) < 4.78 is 6.11. The second-order valence-electron chi connectivity index (χ2n) is 6.22. The molecule has 1 saturated heterocycles. The van der Waals surface area contributed by atoms with Gasteiger partial charge in [0.05, 0.1) is 11.6 Å². The maximum atomic E-state index is 10.2. The number of nitrogens with one attached hydrogen (secondary N) is 1. The molecule has 0 radical (unpaired) electrons. The second kappa shape index (κ2) is 6.75. The average Bonchev–Trinajstić information content (AvgIpc) is 2.94. The minimum absolute atomic E-state index is 0.520. The number of pyridine rings is 1. The average molecular weight is 398 g/mol. The van der Waals surface area contributed by atoms with Crippen LogP contribution in [-0.4, -0.2) is 24.6 Å². The van der Waals surface area contributed by atoms with Gasteiger partial charge in [-0.3, -0.25) is 4.79 Å². The van der Waals surface area contributed by atoms with E-state index in [4.69, 9.17) is 16.3 Å². The van der Waals surface area contributed by atoms with Crippen LogP contribution in [0, 0.1) is 11.3 Å². The maximum absolute atomic E-state index is 10.2. The van der Waals surface area contributed by atoms with Crippen LogP contribution in [0.4, 0.5) is 5.82 Å². The van der Waals surface area contributed by atoms with Crippen molar-refractivity contribution in [2.75, 3.05) is 18.5 Å². The highest BCUT2D eigenvalue weighted by atomic mass is 79.9. The SMILES string of the molecule is CC1CC12CCOC2.O=CNc1cc2cc(Br)c(Cl)cc2cn1. The van der Waals surface area contributed by atoms with E-state index in [1.165, 1.54) is 12.8 Å². The molecule has 1 aliphatic heterocycles. The van der Waals surface area contributed by atoms with Crippen LogP contribution >= 0.6 is 27.5 Å². The molecule has 4 rings (SSSR count). The summed E-state index contributed by atoms with van der Waals surface area (Å²) in [6, 6.07) is 5.48. The van der Waals surface area contributed by atoms with Crippen molar-refractivity contribution in [3.8, 4) is 0 Å². The Labute approximate surface area is 148 Å². The molecule has 4 nitrogen and oxygen atoms in total. The number of hydrogen-bond donors (Lipinski definition) is 1. The third-order valence-corrected chi connectivity index (χ3v) is 5.90. The first-order chi connectivity index (χ1) is 11.0. The first kappa shape index (κ1) is 16.7. The van der Waals surface area contributed by atoms with E-state index < -0.39 is 0 Å². The number of rotatable bonds is 2. The van der Waals surface area contributed by atoms with Crippen LogP contribution in [0.25, 0.3) is 10.8 Å². The van der Waals surface area contributed by atoms with E-state index in [1.54, 1.807) is 12.3 Å². The van der Waals surface area contributed by atoms with Crippen LogP contribution in [0.2, 0.25) is 5.02 Å². The molecule has 2 unspecified atom stereocenters. The smallest absolute Gasteiger partial charge is 0.212 e. The van der Waals surface area contributed by atoms with Gasteiger partial charge in [-0.05, 0) is 63.7 Å². The van der Waals surface area contributed by atoms with Crippen LogP contribution < -0.4 is 5.32 Å². The molecule has 122 valence electrons. The Morgan fingerprint density at radius 3 is 2.78 bits per heavy atom. The molecule has 1 aromatic heterocycles. The summed E-state index contributed by atoms with van der Waals surface area (Å²) in [5, 5.41) is 5.03. The molecule has 1 N–H and O–H groups in total. The number of benzene rings is 1. The summed E-state index contributed by atoms with van der Waals surface area (Å²) in [7, 11) is 0. The van der Waals surface area contributed by atoms with E-state index in [9.17, 15) is 4.79 Å². The monoisotopic (exact) mass is 396 g/mol. The molecule has 2 aliphatic rings. The number of amides is 1. The number of nitrogens with zero attached hydrogens (tertiary/aromatic N) is 1. The van der Waals surface area contributed by atoms with Crippen molar-refractivity contribution in [2.24, 2.45) is 11.3 Å². The molecule has 1 saturated carbocycles. The third kappa shape index (κ3) is 3.67. The Balaban J connectivity index is 0.000000162. The number of carbonyl (C=O) groups excluding carboxylic acids is 1. The molecule has 2 heterocycles. The van der Waals surface area contributed by atoms with E-state index in [0.29, 0.717) is 22.7 Å². The van der Waals surface area contributed by atoms with Crippen LogP contribution in [0.5, 0.6) is 0 Å². The molecule has 2 fully saturated rings. The molecule has 6 heteroatoms. The molecule has 1 aliphatic carbocycles. The van der Waals surface area contributed by atoms with Gasteiger partial charge in [0.15, 0.2) is 0 Å². The fourth-order valence-corrected chi connectivity index (χ4v) is 3.53. The lowest BCUT2D eigenvalue weighted by molar-refractivity contribution is -0.105. The van der Waals surface area contributed by atoms with Gasteiger partial charge in [-0.2, -0.15) is 0 Å². The summed E-state index contributed by atoms with van der Waals surface area (Å²) in [5.74, 6) is 1.48. The summed E-state index contributed by atoms with van der Waals surface area (Å²) >= 11 is 9.28. The van der Waals surface area contributed by atoms with E-state index in [-0.39, 0.29) is 0 Å². The van der Waals surface area contributed by atoms with Gasteiger partial charge in [-0.25, -0.2) is 4.98 Å². The highest BCUT2D eigenvalue weighted by Gasteiger charge is 2.53. The fourth-order valence-electron chi connectivity index (χ4n) is 3.00. The van der Waals surface area contributed by atoms with Crippen molar-refractivity contribution in [1.29, 1.82) is 0 Å². The standard InChI is InChI=1S/C10H6BrClN2O.C7H12O/c11-8-1-6-3-10(14-5-15)13-4-7(6)2-9(8)12;1-6-4-7(6)2-3-8-5-7/h1-5H,(H,13,14,15);6H,2-5H2,1H3. The summed E-state index contributed by atoms with van der Waals surface area (Å²) in [5.41, 5.74) is 0.681. The Kier molecular flexibility index (Phi) is 4.90. The molecule has 1 spiro atoms. The van der Waals surface area contributed by atoms with E-state index in [1.807, 2.05) is 12.1 Å². The first-order valence-corrected chi connectivity index (χ1v) is 8.74. The summed E-state index contributed by atoms with van der Waals surface area (Å²) in [4.78, 5) is 14.3. The van der Waals surface area contributed by atoms with E-state index >= 15 is 0 Å². The molecule has 23 heavy (non-hydrogen) atoms. The minimum atomic E-state index is 0.520. The molecule has 1 amide bonds. The maximum Gasteiger partial charge on any atom is 0.212 e. The van der Waals surface area contributed by atoms with Crippen LogP contribution in [0.15, 0.2) is 28.9 Å². The van der Waals surface area contributed by atoms with Crippen molar-refractivity contribution in [2.45, 2.75) is 19.8 Å². The van der Waals surface area contributed by atoms with Crippen molar-refractivity contribution in [3.05, 3.63) is 33.9 Å². The van der Waals surface area contributed by atoms with Gasteiger partial charge in [0, 0.05) is 22.7 Å². The molecule has 0 bridgehead atoms. The Morgan fingerprint density at radius 1 is 1.43 bits per heavy atom. The number of aromatic nitrogens is 1. The Hall–Kier alpha value is -1.17. The third-order valence-electron chi connectivity index (χ3n) is 4.70. The van der Waals surface area contributed by atoms with Gasteiger partial charge in [0.2, 0.25) is 6.41 Å². The summed E-state index contributed by atoms with van der Waals surface area (Å²) in [6.45, 7) is 4.40. The Bertz CT molecular complexity index is 732. The minimum Gasteiger partial charge on any atom is -0.381 e. The molecular formula is C17H18BrClN2O2. The molecule has 2 atom stereocenters. The van der Waals surface area contributed by atoms with Gasteiger partial charge in [-0.1, -0.05) is 18.5 Å². The van der Waals surface area contributed by atoms with Gasteiger partial charge in [0.1, 0.15) is 5.82 Å². The molecular weight excluding hydrogens is 380 g/mol. The van der Waals surface area contributed by atoms with Gasteiger partial charge in [-0.15, -0.1) is 0 Å². The topological polar surface area (TPSA) is 51.2 Å². The highest BCUT2D eigenvalue weighted by Crippen LogP contribution is 2.57. The van der Waals surface area contributed by atoms with Crippen LogP contribution in [0.1, 0.15) is 19.8 Å². The van der Waals surface area contributed by atoms with Gasteiger partial charge < -0.3 is 10.1 Å². The van der Waals surface area contributed by atoms with Crippen molar-refractivity contribution in [3.63, 3.8) is 0 Å². The number of hydrogen-bond acceptors (Lipinski definition) is 3. The number of halogens is 2. The first-order valence-electron chi connectivity index (χ1n) is 7.57. The van der Waals surface area contributed by atoms with Crippen molar-refractivity contribution in [1.82, 2.24) is 4.98 Å². The second-order valence-corrected chi connectivity index (χ2v) is 7.48. The Morgan fingerprint density at radius 2 is 2.22 bits per heavy atom. The lowest BCUT2D eigenvalue weighted by atomic mass is 10.0. The lowest BCUT2D eigenvalue weighted by Crippen LogP contribution is -1.99. The predicted octanol–water partition coefficient (Wildman–Crippen LogP) is 4.65. The largest absolute Gasteiger partial charge is 0.381 e. The number of carbonyl (C=O) groups is 1. The van der Waals surface area contributed by atoms with Crippen molar-refractivity contribution < 1.29 is 9.53 Å². The van der Waals surface area contributed by atoms with Crippen LogP contribution in [0.3, 0.4) is 0 Å². The van der Waals surface area contributed by atoms with E-state index in [0.717, 1.165) is 34.4 Å².